The molecule has 1 aliphatic heterocycles. The van der Waals surface area contributed by atoms with Gasteiger partial charge in [0.15, 0.2) is 5.75 Å². The van der Waals surface area contributed by atoms with E-state index in [0.717, 1.165) is 31.2 Å². The van der Waals surface area contributed by atoms with Crippen LogP contribution in [0.4, 0.5) is 30.2 Å². The van der Waals surface area contributed by atoms with Crippen molar-refractivity contribution in [2.45, 2.75) is 56.7 Å². The standard InChI is InChI=1S/C33H37F3N4O4S/c1-24-9-8-14-30(31(24)37-23-25-10-4-2-3-5-11-25)45(42,43)38-27-17-15-26(16-18-27)32(41)40-21-19-39(20-22-40)28-12-6-7-13-29(28)44-33(34,35)36/h6-9,12-18,23,25,38H,2-5,10-11,19-22H2,1H3. The summed E-state index contributed by atoms with van der Waals surface area (Å²) in [5, 5.41) is 0. The first-order valence-corrected chi connectivity index (χ1v) is 16.6. The van der Waals surface area contributed by atoms with Crippen LogP contribution in [-0.2, 0) is 10.0 Å². The van der Waals surface area contributed by atoms with Gasteiger partial charge in [-0.15, -0.1) is 13.2 Å². The summed E-state index contributed by atoms with van der Waals surface area (Å²) < 4.78 is 72.3. The summed E-state index contributed by atoms with van der Waals surface area (Å²) in [6, 6.07) is 17.2. The fraction of sp³-hybridized carbons (Fsp3) is 0.394. The molecule has 3 aromatic rings. The summed E-state index contributed by atoms with van der Waals surface area (Å²) in [5.74, 6) is -0.201. The fourth-order valence-electron chi connectivity index (χ4n) is 5.81. The molecule has 3 aromatic carbocycles. The highest BCUT2D eigenvalue weighted by atomic mass is 32.2. The number of para-hydroxylation sites is 3. The zero-order valence-electron chi connectivity index (χ0n) is 25.1. The molecule has 2 fully saturated rings. The SMILES string of the molecule is Cc1cccc(S(=O)(=O)Nc2ccc(C(=O)N3CCN(c4ccccc4OC(F)(F)F)CC3)cc2)c1N=CC1CCCCCC1. The highest BCUT2D eigenvalue weighted by Crippen LogP contribution is 2.34. The van der Waals surface area contributed by atoms with Gasteiger partial charge in [0, 0.05) is 43.6 Å². The first kappa shape index (κ1) is 32.3. The number of aliphatic imine (C=N–C) groups is 1. The van der Waals surface area contributed by atoms with Gasteiger partial charge < -0.3 is 14.5 Å². The minimum atomic E-state index is -4.81. The van der Waals surface area contributed by atoms with Crippen molar-refractivity contribution in [1.82, 2.24) is 4.90 Å². The number of ether oxygens (including phenoxy) is 1. The third-order valence-electron chi connectivity index (χ3n) is 8.19. The van der Waals surface area contributed by atoms with Gasteiger partial charge in [0.05, 0.1) is 11.4 Å². The number of hydrogen-bond donors (Lipinski definition) is 1. The molecule has 2 aliphatic rings. The molecule has 240 valence electrons. The van der Waals surface area contributed by atoms with Crippen LogP contribution in [0.3, 0.4) is 0 Å². The Kier molecular flexibility index (Phi) is 10.0. The zero-order chi connectivity index (χ0) is 32.0. The molecule has 1 heterocycles. The molecule has 0 unspecified atom stereocenters. The number of hydrogen-bond acceptors (Lipinski definition) is 6. The minimum Gasteiger partial charge on any atom is -0.404 e. The number of alkyl halides is 3. The average Bonchev–Trinajstić information content (AvgIpc) is 3.29. The van der Waals surface area contributed by atoms with Crippen LogP contribution in [0.5, 0.6) is 5.75 Å². The summed E-state index contributed by atoms with van der Waals surface area (Å²) >= 11 is 0. The molecular formula is C33H37F3N4O4S. The molecule has 0 bridgehead atoms. The molecular weight excluding hydrogens is 605 g/mol. The smallest absolute Gasteiger partial charge is 0.404 e. The molecule has 8 nitrogen and oxygen atoms in total. The van der Waals surface area contributed by atoms with Crippen LogP contribution in [-0.4, -0.2) is 58.0 Å². The number of nitrogens with zero attached hydrogens (tertiary/aromatic N) is 3. The predicted octanol–water partition coefficient (Wildman–Crippen LogP) is 7.33. The molecule has 1 aliphatic carbocycles. The molecule has 1 saturated carbocycles. The number of piperazine rings is 1. The number of anilines is 2. The van der Waals surface area contributed by atoms with Crippen molar-refractivity contribution < 1.29 is 31.1 Å². The van der Waals surface area contributed by atoms with E-state index in [-0.39, 0.29) is 16.6 Å². The van der Waals surface area contributed by atoms with Gasteiger partial charge in [-0.3, -0.25) is 14.5 Å². The third kappa shape index (κ3) is 8.36. The van der Waals surface area contributed by atoms with E-state index in [0.29, 0.717) is 54.7 Å². The minimum absolute atomic E-state index is 0.0904. The van der Waals surface area contributed by atoms with E-state index in [9.17, 15) is 26.4 Å². The van der Waals surface area contributed by atoms with Crippen molar-refractivity contribution in [3.05, 3.63) is 77.9 Å². The predicted molar refractivity (Wildman–Crippen MR) is 169 cm³/mol. The van der Waals surface area contributed by atoms with Crippen molar-refractivity contribution in [2.75, 3.05) is 35.8 Å². The lowest BCUT2D eigenvalue weighted by atomic mass is 10.0. The maximum absolute atomic E-state index is 13.5. The van der Waals surface area contributed by atoms with Gasteiger partial charge in [0.1, 0.15) is 4.90 Å². The van der Waals surface area contributed by atoms with Gasteiger partial charge in [0.2, 0.25) is 0 Å². The van der Waals surface area contributed by atoms with E-state index in [4.69, 9.17) is 0 Å². The second kappa shape index (κ2) is 13.9. The number of rotatable bonds is 8. The number of amides is 1. The summed E-state index contributed by atoms with van der Waals surface area (Å²) in [4.78, 5) is 21.3. The number of nitrogens with one attached hydrogen (secondary N) is 1. The number of carbonyl (C=O) groups is 1. The molecule has 1 N–H and O–H groups in total. The van der Waals surface area contributed by atoms with Crippen LogP contribution in [0.2, 0.25) is 0 Å². The van der Waals surface area contributed by atoms with Crippen molar-refractivity contribution in [3.8, 4) is 5.75 Å². The van der Waals surface area contributed by atoms with Gasteiger partial charge in [-0.05, 0) is 73.7 Å². The van der Waals surface area contributed by atoms with E-state index in [2.05, 4.69) is 14.5 Å². The lowest BCUT2D eigenvalue weighted by Gasteiger charge is -2.36. The van der Waals surface area contributed by atoms with Gasteiger partial charge in [0.25, 0.3) is 15.9 Å². The Bertz CT molecular complexity index is 1610. The number of sulfonamides is 1. The molecule has 0 aromatic heterocycles. The van der Waals surface area contributed by atoms with Gasteiger partial charge in [-0.1, -0.05) is 49.9 Å². The Hall–Kier alpha value is -4.06. The Morgan fingerprint density at radius 2 is 1.58 bits per heavy atom. The van der Waals surface area contributed by atoms with Gasteiger partial charge >= 0.3 is 6.36 Å². The normalized spacial score (nSPS) is 16.9. The highest BCUT2D eigenvalue weighted by molar-refractivity contribution is 7.92. The van der Waals surface area contributed by atoms with Crippen LogP contribution in [0.1, 0.15) is 54.4 Å². The van der Waals surface area contributed by atoms with E-state index < -0.39 is 16.4 Å². The Labute approximate surface area is 262 Å². The number of halogens is 3. The second-order valence-corrected chi connectivity index (χ2v) is 13.1. The molecule has 0 radical (unpaired) electrons. The Balaban J connectivity index is 1.23. The number of benzene rings is 3. The van der Waals surface area contributed by atoms with Gasteiger partial charge in [-0.2, -0.15) is 0 Å². The van der Waals surface area contributed by atoms with Crippen molar-refractivity contribution in [1.29, 1.82) is 0 Å². The van der Waals surface area contributed by atoms with Crippen LogP contribution < -0.4 is 14.4 Å². The third-order valence-corrected chi connectivity index (χ3v) is 9.60. The average molecular weight is 643 g/mol. The monoisotopic (exact) mass is 642 g/mol. The topological polar surface area (TPSA) is 91.3 Å². The van der Waals surface area contributed by atoms with E-state index in [1.54, 1.807) is 46.2 Å². The Morgan fingerprint density at radius 3 is 2.24 bits per heavy atom. The lowest BCUT2D eigenvalue weighted by molar-refractivity contribution is -0.274. The maximum Gasteiger partial charge on any atom is 0.573 e. The quantitative estimate of drug-likeness (QED) is 0.205. The van der Waals surface area contributed by atoms with Crippen LogP contribution in [0.15, 0.2) is 76.6 Å². The number of aryl methyl sites for hydroxylation is 1. The molecule has 5 rings (SSSR count). The molecule has 1 saturated heterocycles. The Morgan fingerprint density at radius 1 is 0.911 bits per heavy atom. The van der Waals surface area contributed by atoms with Crippen molar-refractivity contribution in [2.24, 2.45) is 10.9 Å². The van der Waals surface area contributed by atoms with Gasteiger partial charge in [-0.25, -0.2) is 8.42 Å². The molecule has 1 amide bonds. The second-order valence-electron chi connectivity index (χ2n) is 11.4. The van der Waals surface area contributed by atoms with E-state index >= 15 is 0 Å². The largest absolute Gasteiger partial charge is 0.573 e. The fourth-order valence-corrected chi connectivity index (χ4v) is 7.09. The maximum atomic E-state index is 13.5. The highest BCUT2D eigenvalue weighted by Gasteiger charge is 2.33. The molecule has 45 heavy (non-hydrogen) atoms. The first-order chi connectivity index (χ1) is 21.5. The van der Waals surface area contributed by atoms with Crippen molar-refractivity contribution in [3.63, 3.8) is 0 Å². The van der Waals surface area contributed by atoms with Crippen LogP contribution in [0.25, 0.3) is 0 Å². The summed E-state index contributed by atoms with van der Waals surface area (Å²) in [5.41, 5.74) is 2.17. The number of carbonyl (C=O) groups excluding carboxylic acids is 1. The van der Waals surface area contributed by atoms with E-state index in [1.807, 2.05) is 19.2 Å². The van der Waals surface area contributed by atoms with E-state index in [1.165, 1.54) is 37.1 Å². The molecule has 0 spiro atoms. The summed E-state index contributed by atoms with van der Waals surface area (Å²) in [6.45, 7) is 3.08. The first-order valence-electron chi connectivity index (χ1n) is 15.2. The van der Waals surface area contributed by atoms with Crippen LogP contribution >= 0.6 is 0 Å². The molecule has 0 atom stereocenters. The lowest BCUT2D eigenvalue weighted by Crippen LogP contribution is -2.49. The molecule has 12 heteroatoms. The summed E-state index contributed by atoms with van der Waals surface area (Å²) in [7, 11) is -3.97. The summed E-state index contributed by atoms with van der Waals surface area (Å²) in [6.07, 6.45) is 3.96. The zero-order valence-corrected chi connectivity index (χ0v) is 25.9. The van der Waals surface area contributed by atoms with Crippen molar-refractivity contribution >= 4 is 39.2 Å². The van der Waals surface area contributed by atoms with Crippen LogP contribution in [0, 0.1) is 12.8 Å².